The first-order valence-corrected chi connectivity index (χ1v) is 7.19. The average Bonchev–Trinajstić information content (AvgIpc) is 3.07. The summed E-state index contributed by atoms with van der Waals surface area (Å²) in [7, 11) is 0. The van der Waals surface area contributed by atoms with Crippen molar-refractivity contribution < 1.29 is 14.3 Å². The van der Waals surface area contributed by atoms with Gasteiger partial charge in [0.25, 0.3) is 0 Å². The lowest BCUT2D eigenvalue weighted by Gasteiger charge is -2.04. The van der Waals surface area contributed by atoms with Crippen molar-refractivity contribution in [2.75, 3.05) is 5.32 Å². The molecule has 0 saturated carbocycles. The number of hydrogen-bond acceptors (Lipinski definition) is 5. The number of carbonyl (C=O) groups excluding carboxylic acids is 2. The Morgan fingerprint density at radius 3 is 2.42 bits per heavy atom. The van der Waals surface area contributed by atoms with Gasteiger partial charge in [0.1, 0.15) is 5.75 Å². The third kappa shape index (κ3) is 3.64. The van der Waals surface area contributed by atoms with Crippen molar-refractivity contribution in [3.05, 3.63) is 66.5 Å². The predicted molar refractivity (Wildman–Crippen MR) is 87.1 cm³/mol. The van der Waals surface area contributed by atoms with Crippen LogP contribution in [0.1, 0.15) is 17.4 Å². The summed E-state index contributed by atoms with van der Waals surface area (Å²) in [6.45, 7) is 1.42. The van der Waals surface area contributed by atoms with Crippen molar-refractivity contribution in [3.63, 3.8) is 0 Å². The Balaban J connectivity index is 1.69. The number of esters is 1. The van der Waals surface area contributed by atoms with Crippen molar-refractivity contribution >= 4 is 17.6 Å². The third-order valence-corrected chi connectivity index (χ3v) is 3.07. The molecule has 7 nitrogen and oxygen atoms in total. The molecule has 0 atom stereocenters. The molecule has 0 aliphatic heterocycles. The first kappa shape index (κ1) is 15.4. The molecule has 120 valence electrons. The van der Waals surface area contributed by atoms with E-state index in [2.05, 4.69) is 15.5 Å². The van der Waals surface area contributed by atoms with Gasteiger partial charge in [0, 0.05) is 12.6 Å². The fourth-order valence-electron chi connectivity index (χ4n) is 2.01. The second kappa shape index (κ2) is 6.74. The molecule has 1 amide bonds. The van der Waals surface area contributed by atoms with E-state index in [4.69, 9.17) is 4.74 Å². The highest BCUT2D eigenvalue weighted by molar-refractivity contribution is 5.89. The monoisotopic (exact) mass is 322 g/mol. The predicted octanol–water partition coefficient (Wildman–Crippen LogP) is 2.44. The van der Waals surface area contributed by atoms with E-state index < -0.39 is 5.97 Å². The van der Waals surface area contributed by atoms with Gasteiger partial charge in [0.05, 0.1) is 11.9 Å². The number of ether oxygens (including phenoxy) is 1. The molecular weight excluding hydrogens is 308 g/mol. The van der Waals surface area contributed by atoms with Crippen LogP contribution in [0.15, 0.2) is 60.8 Å². The van der Waals surface area contributed by atoms with Crippen molar-refractivity contribution in [2.45, 2.75) is 6.92 Å². The van der Waals surface area contributed by atoms with E-state index in [1.54, 1.807) is 24.3 Å². The van der Waals surface area contributed by atoms with Crippen molar-refractivity contribution in [3.8, 4) is 11.4 Å². The number of hydrogen-bond donors (Lipinski definition) is 1. The Morgan fingerprint density at radius 2 is 1.75 bits per heavy atom. The number of para-hydroxylation sites is 1. The maximum atomic E-state index is 12.1. The van der Waals surface area contributed by atoms with E-state index in [0.29, 0.717) is 11.4 Å². The molecule has 7 heteroatoms. The Bertz CT molecular complexity index is 857. The fraction of sp³-hybridized carbons (Fsp3) is 0.0588. The number of amides is 1. The van der Waals surface area contributed by atoms with Crippen LogP contribution in [-0.2, 0) is 4.79 Å². The smallest absolute Gasteiger partial charge is 0.365 e. The molecule has 24 heavy (non-hydrogen) atoms. The third-order valence-electron chi connectivity index (χ3n) is 3.07. The van der Waals surface area contributed by atoms with Gasteiger partial charge in [-0.3, -0.25) is 4.79 Å². The molecule has 3 rings (SSSR count). The molecule has 1 N–H and O–H groups in total. The number of nitrogens with one attached hydrogen (secondary N) is 1. The van der Waals surface area contributed by atoms with Gasteiger partial charge < -0.3 is 10.1 Å². The van der Waals surface area contributed by atoms with E-state index in [1.807, 2.05) is 30.3 Å². The number of aromatic nitrogens is 3. The SMILES string of the molecule is CC(=O)Nc1ccc(OC(=O)c2cnn(-c3ccccc3)n2)cc1. The fourth-order valence-corrected chi connectivity index (χ4v) is 2.01. The quantitative estimate of drug-likeness (QED) is 0.589. The Morgan fingerprint density at radius 1 is 1.04 bits per heavy atom. The second-order valence-corrected chi connectivity index (χ2v) is 4.95. The molecule has 1 heterocycles. The highest BCUT2D eigenvalue weighted by atomic mass is 16.5. The van der Waals surface area contributed by atoms with E-state index in [0.717, 1.165) is 5.69 Å². The van der Waals surface area contributed by atoms with Crippen molar-refractivity contribution in [2.24, 2.45) is 0 Å². The lowest BCUT2D eigenvalue weighted by molar-refractivity contribution is -0.114. The Labute approximate surface area is 137 Å². The minimum atomic E-state index is -0.607. The van der Waals surface area contributed by atoms with Gasteiger partial charge in [-0.15, -0.1) is 5.10 Å². The van der Waals surface area contributed by atoms with Crippen LogP contribution in [0.25, 0.3) is 5.69 Å². The summed E-state index contributed by atoms with van der Waals surface area (Å²) in [5, 5.41) is 10.8. The van der Waals surface area contributed by atoms with Gasteiger partial charge in [-0.1, -0.05) is 18.2 Å². The van der Waals surface area contributed by atoms with Crippen molar-refractivity contribution in [1.82, 2.24) is 15.0 Å². The zero-order chi connectivity index (χ0) is 16.9. The van der Waals surface area contributed by atoms with Crippen LogP contribution in [0.4, 0.5) is 5.69 Å². The maximum Gasteiger partial charge on any atom is 0.365 e. The maximum absolute atomic E-state index is 12.1. The van der Waals surface area contributed by atoms with E-state index in [1.165, 1.54) is 17.9 Å². The lowest BCUT2D eigenvalue weighted by atomic mass is 10.3. The molecule has 0 spiro atoms. The molecule has 0 bridgehead atoms. The minimum absolute atomic E-state index is 0.102. The number of rotatable bonds is 4. The minimum Gasteiger partial charge on any atom is -0.422 e. The summed E-state index contributed by atoms with van der Waals surface area (Å²) in [4.78, 5) is 24.4. The molecule has 3 aromatic rings. The number of anilines is 1. The zero-order valence-electron chi connectivity index (χ0n) is 12.8. The molecule has 1 aromatic heterocycles. The molecular formula is C17H14N4O3. The van der Waals surface area contributed by atoms with Crippen LogP contribution in [0.2, 0.25) is 0 Å². The zero-order valence-corrected chi connectivity index (χ0v) is 12.8. The summed E-state index contributed by atoms with van der Waals surface area (Å²) >= 11 is 0. The highest BCUT2D eigenvalue weighted by Crippen LogP contribution is 2.17. The topological polar surface area (TPSA) is 86.1 Å². The first-order valence-electron chi connectivity index (χ1n) is 7.19. The Kier molecular flexibility index (Phi) is 4.33. The summed E-state index contributed by atoms with van der Waals surface area (Å²) in [6.07, 6.45) is 1.35. The summed E-state index contributed by atoms with van der Waals surface area (Å²) in [5.74, 6) is -0.426. The second-order valence-electron chi connectivity index (χ2n) is 4.95. The largest absolute Gasteiger partial charge is 0.422 e. The molecule has 0 unspecified atom stereocenters. The van der Waals surface area contributed by atoms with Crippen molar-refractivity contribution in [1.29, 1.82) is 0 Å². The number of benzene rings is 2. The standard InChI is InChI=1S/C17H14N4O3/c1-12(22)19-13-7-9-15(10-8-13)24-17(23)16-11-18-21(20-16)14-5-3-2-4-6-14/h2-11H,1H3,(H,19,22). The van der Waals surface area contributed by atoms with Crippen LogP contribution in [0.5, 0.6) is 5.75 Å². The van der Waals surface area contributed by atoms with Crippen LogP contribution in [0, 0.1) is 0 Å². The molecule has 0 fully saturated rings. The van der Waals surface area contributed by atoms with Crippen LogP contribution in [-0.4, -0.2) is 26.9 Å². The number of nitrogens with zero attached hydrogens (tertiary/aromatic N) is 3. The van der Waals surface area contributed by atoms with Gasteiger partial charge in [-0.2, -0.15) is 9.90 Å². The molecule has 0 aliphatic carbocycles. The molecule has 0 saturated heterocycles. The van der Waals surface area contributed by atoms with Gasteiger partial charge in [-0.25, -0.2) is 4.79 Å². The van der Waals surface area contributed by atoms with E-state index in [-0.39, 0.29) is 11.6 Å². The van der Waals surface area contributed by atoms with E-state index in [9.17, 15) is 9.59 Å². The Hall–Kier alpha value is -3.48. The summed E-state index contributed by atoms with van der Waals surface area (Å²) < 4.78 is 5.24. The van der Waals surface area contributed by atoms with Gasteiger partial charge in [0.15, 0.2) is 5.69 Å². The lowest BCUT2D eigenvalue weighted by Crippen LogP contribution is -2.10. The van der Waals surface area contributed by atoms with Gasteiger partial charge >= 0.3 is 5.97 Å². The molecule has 2 aromatic carbocycles. The number of carbonyl (C=O) groups is 2. The molecule has 0 radical (unpaired) electrons. The molecule has 0 aliphatic rings. The first-order chi connectivity index (χ1) is 11.6. The summed E-state index contributed by atoms with van der Waals surface area (Å²) in [5.41, 5.74) is 1.47. The van der Waals surface area contributed by atoms with Gasteiger partial charge in [-0.05, 0) is 36.4 Å². The normalized spacial score (nSPS) is 10.2. The van der Waals surface area contributed by atoms with Crippen LogP contribution >= 0.6 is 0 Å². The summed E-state index contributed by atoms with van der Waals surface area (Å²) in [6, 6.07) is 15.7. The highest BCUT2D eigenvalue weighted by Gasteiger charge is 2.14. The average molecular weight is 322 g/mol. The van der Waals surface area contributed by atoms with E-state index >= 15 is 0 Å². The van der Waals surface area contributed by atoms with Gasteiger partial charge in [0.2, 0.25) is 5.91 Å². The van der Waals surface area contributed by atoms with Crippen LogP contribution < -0.4 is 10.1 Å². The van der Waals surface area contributed by atoms with Crippen LogP contribution in [0.3, 0.4) is 0 Å².